The second-order valence-electron chi connectivity index (χ2n) is 4.41. The minimum Gasteiger partial charge on any atom is -0.481 e. The summed E-state index contributed by atoms with van der Waals surface area (Å²) >= 11 is 0. The van der Waals surface area contributed by atoms with Crippen molar-refractivity contribution in [3.63, 3.8) is 0 Å². The molecule has 9 heteroatoms. The first kappa shape index (κ1) is 15.1. The quantitative estimate of drug-likeness (QED) is 0.933. The number of pyridine rings is 1. The molecule has 0 aliphatic heterocycles. The largest absolute Gasteiger partial charge is 0.481 e. The van der Waals surface area contributed by atoms with E-state index in [2.05, 4.69) is 5.10 Å². The summed E-state index contributed by atoms with van der Waals surface area (Å²) in [6.45, 7) is 1.79. The van der Waals surface area contributed by atoms with E-state index in [-0.39, 0.29) is 24.0 Å². The Morgan fingerprint density at radius 1 is 1.43 bits per heavy atom. The number of aliphatic carboxylic acids is 1. The van der Waals surface area contributed by atoms with E-state index in [4.69, 9.17) is 5.11 Å². The van der Waals surface area contributed by atoms with Crippen LogP contribution in [0.2, 0.25) is 0 Å². The van der Waals surface area contributed by atoms with Gasteiger partial charge in [-0.3, -0.25) is 18.8 Å². The third-order valence-electron chi connectivity index (χ3n) is 3.00. The molecule has 2 heterocycles. The molecule has 6 nitrogen and oxygen atoms in total. The first-order chi connectivity index (χ1) is 9.74. The molecule has 0 radical (unpaired) electrons. The standard InChI is InChI=1S/C12H12F3N3O3/c1-2-17-6-7-8(12(13,14)15)5-9(19)18(11(7)16-17)4-3-10(20)21/h5-6H,2-4H2,1H3,(H,20,21). The predicted octanol–water partition coefficient (Wildman–Crippen LogP) is 1.71. The lowest BCUT2D eigenvalue weighted by Gasteiger charge is -2.10. The van der Waals surface area contributed by atoms with Crippen molar-refractivity contribution < 1.29 is 23.1 Å². The fourth-order valence-corrected chi connectivity index (χ4v) is 2.00. The Balaban J connectivity index is 2.71. The fourth-order valence-electron chi connectivity index (χ4n) is 2.00. The normalized spacial score (nSPS) is 12.0. The first-order valence-corrected chi connectivity index (χ1v) is 6.14. The third kappa shape index (κ3) is 2.91. The maximum absolute atomic E-state index is 13.0. The summed E-state index contributed by atoms with van der Waals surface area (Å²) < 4.78 is 41.2. The monoisotopic (exact) mass is 303 g/mol. The van der Waals surface area contributed by atoms with Crippen LogP contribution in [0.25, 0.3) is 11.0 Å². The number of alkyl halides is 3. The second-order valence-corrected chi connectivity index (χ2v) is 4.41. The summed E-state index contributed by atoms with van der Waals surface area (Å²) in [7, 11) is 0. The number of nitrogens with zero attached hydrogens (tertiary/aromatic N) is 3. The molecule has 0 aromatic carbocycles. The Morgan fingerprint density at radius 3 is 2.62 bits per heavy atom. The number of rotatable bonds is 4. The van der Waals surface area contributed by atoms with Crippen LogP contribution in [0.1, 0.15) is 18.9 Å². The van der Waals surface area contributed by atoms with Crippen molar-refractivity contribution in [2.24, 2.45) is 0 Å². The van der Waals surface area contributed by atoms with Crippen molar-refractivity contribution in [3.05, 3.63) is 28.2 Å². The molecule has 2 aromatic heterocycles. The van der Waals surface area contributed by atoms with Crippen LogP contribution < -0.4 is 5.56 Å². The van der Waals surface area contributed by atoms with Gasteiger partial charge in [0.05, 0.1) is 12.0 Å². The lowest BCUT2D eigenvalue weighted by molar-refractivity contribution is -0.138. The zero-order valence-corrected chi connectivity index (χ0v) is 11.0. The number of aryl methyl sites for hydroxylation is 2. The molecule has 0 saturated heterocycles. The highest BCUT2D eigenvalue weighted by atomic mass is 19.4. The van der Waals surface area contributed by atoms with Gasteiger partial charge in [0.2, 0.25) is 0 Å². The zero-order chi connectivity index (χ0) is 15.8. The smallest absolute Gasteiger partial charge is 0.417 e. The number of aromatic nitrogens is 3. The van der Waals surface area contributed by atoms with Gasteiger partial charge < -0.3 is 5.11 Å². The number of carboxylic acid groups (broad SMARTS) is 1. The van der Waals surface area contributed by atoms with Gasteiger partial charge >= 0.3 is 12.1 Å². The van der Waals surface area contributed by atoms with Gasteiger partial charge in [-0.05, 0) is 6.92 Å². The number of fused-ring (bicyclic) bond motifs is 1. The number of hydrogen-bond acceptors (Lipinski definition) is 3. The minimum absolute atomic E-state index is 0.155. The van der Waals surface area contributed by atoms with Gasteiger partial charge in [0.1, 0.15) is 0 Å². The molecule has 0 unspecified atom stereocenters. The molecule has 0 bridgehead atoms. The van der Waals surface area contributed by atoms with E-state index in [0.29, 0.717) is 12.6 Å². The van der Waals surface area contributed by atoms with Gasteiger partial charge in [-0.1, -0.05) is 0 Å². The molecular weight excluding hydrogens is 291 g/mol. The molecule has 0 atom stereocenters. The maximum atomic E-state index is 13.0. The summed E-state index contributed by atoms with van der Waals surface area (Å²) in [5.41, 5.74) is -2.14. The average Bonchev–Trinajstić information content (AvgIpc) is 2.79. The van der Waals surface area contributed by atoms with Crippen LogP contribution in [0.3, 0.4) is 0 Å². The summed E-state index contributed by atoms with van der Waals surface area (Å²) in [6, 6.07) is 0.478. The highest BCUT2D eigenvalue weighted by molar-refractivity contribution is 5.79. The molecule has 0 amide bonds. The summed E-state index contributed by atoms with van der Waals surface area (Å²) in [5.74, 6) is -1.15. The molecule has 0 aliphatic carbocycles. The van der Waals surface area contributed by atoms with Crippen LogP contribution in [0.15, 0.2) is 17.1 Å². The number of carbonyl (C=O) groups is 1. The van der Waals surface area contributed by atoms with Crippen LogP contribution in [0.4, 0.5) is 13.2 Å². The van der Waals surface area contributed by atoms with E-state index >= 15 is 0 Å². The predicted molar refractivity (Wildman–Crippen MR) is 66.9 cm³/mol. The molecule has 0 fully saturated rings. The Hall–Kier alpha value is -2.32. The zero-order valence-electron chi connectivity index (χ0n) is 11.0. The van der Waals surface area contributed by atoms with E-state index in [1.54, 1.807) is 6.92 Å². The molecule has 2 aromatic rings. The van der Waals surface area contributed by atoms with E-state index < -0.39 is 23.3 Å². The molecule has 114 valence electrons. The molecule has 1 N–H and O–H groups in total. The number of hydrogen-bond donors (Lipinski definition) is 1. The van der Waals surface area contributed by atoms with Crippen LogP contribution in [-0.2, 0) is 24.1 Å². The van der Waals surface area contributed by atoms with Gasteiger partial charge in [-0.2, -0.15) is 18.3 Å². The van der Waals surface area contributed by atoms with E-state index in [1.807, 2.05) is 0 Å². The second kappa shape index (κ2) is 5.23. The lowest BCUT2D eigenvalue weighted by Crippen LogP contribution is -2.24. The van der Waals surface area contributed by atoms with Crippen molar-refractivity contribution in [2.75, 3.05) is 0 Å². The summed E-state index contributed by atoms with van der Waals surface area (Å²) in [4.78, 5) is 22.4. The number of carboxylic acids is 1. The van der Waals surface area contributed by atoms with Crippen LogP contribution >= 0.6 is 0 Å². The molecule has 0 spiro atoms. The first-order valence-electron chi connectivity index (χ1n) is 6.14. The minimum atomic E-state index is -4.68. The van der Waals surface area contributed by atoms with Crippen molar-refractivity contribution in [2.45, 2.75) is 32.6 Å². The van der Waals surface area contributed by atoms with Crippen molar-refractivity contribution in [1.82, 2.24) is 14.3 Å². The molecule has 0 saturated carbocycles. The Kier molecular flexibility index (Phi) is 3.75. The van der Waals surface area contributed by atoms with Crippen LogP contribution in [0, 0.1) is 0 Å². The number of halogens is 3. The average molecular weight is 303 g/mol. The van der Waals surface area contributed by atoms with Crippen LogP contribution in [0.5, 0.6) is 0 Å². The van der Waals surface area contributed by atoms with Gasteiger partial charge in [0.15, 0.2) is 5.65 Å². The summed E-state index contributed by atoms with van der Waals surface area (Å²) in [5, 5.41) is 12.4. The molecule has 2 rings (SSSR count). The van der Waals surface area contributed by atoms with Crippen molar-refractivity contribution in [3.8, 4) is 0 Å². The lowest BCUT2D eigenvalue weighted by atomic mass is 10.2. The van der Waals surface area contributed by atoms with Gasteiger partial charge in [0, 0.05) is 30.7 Å². The Bertz CT molecular complexity index is 746. The van der Waals surface area contributed by atoms with Gasteiger partial charge in [0.25, 0.3) is 5.56 Å². The highest BCUT2D eigenvalue weighted by Crippen LogP contribution is 2.33. The molecular formula is C12H12F3N3O3. The third-order valence-corrected chi connectivity index (χ3v) is 3.00. The van der Waals surface area contributed by atoms with Crippen LogP contribution in [-0.4, -0.2) is 25.4 Å². The topological polar surface area (TPSA) is 77.1 Å². The van der Waals surface area contributed by atoms with E-state index in [0.717, 1.165) is 4.57 Å². The molecule has 21 heavy (non-hydrogen) atoms. The van der Waals surface area contributed by atoms with Crippen molar-refractivity contribution in [1.29, 1.82) is 0 Å². The summed E-state index contributed by atoms with van der Waals surface area (Å²) in [6.07, 6.45) is -3.85. The highest BCUT2D eigenvalue weighted by Gasteiger charge is 2.34. The maximum Gasteiger partial charge on any atom is 0.417 e. The van der Waals surface area contributed by atoms with Crippen molar-refractivity contribution >= 4 is 17.0 Å². The fraction of sp³-hybridized carbons (Fsp3) is 0.417. The van der Waals surface area contributed by atoms with E-state index in [9.17, 15) is 22.8 Å². The Labute approximate surface area is 116 Å². The SMILES string of the molecule is CCn1cc2c(C(F)(F)F)cc(=O)n(CCC(=O)O)c2n1. The van der Waals surface area contributed by atoms with E-state index in [1.165, 1.54) is 10.9 Å². The van der Waals surface area contributed by atoms with Gasteiger partial charge in [-0.25, -0.2) is 0 Å². The Morgan fingerprint density at radius 2 is 2.10 bits per heavy atom. The van der Waals surface area contributed by atoms with Gasteiger partial charge in [-0.15, -0.1) is 0 Å². The molecule has 0 aliphatic rings.